The summed E-state index contributed by atoms with van der Waals surface area (Å²) in [5.74, 6) is -1.29. The van der Waals surface area contributed by atoms with Gasteiger partial charge in [0.15, 0.2) is 11.5 Å². The molecule has 5 rings (SSSR count). The average Bonchev–Trinajstić information content (AvgIpc) is 3.42. The maximum Gasteiger partial charge on any atom is 0.435 e. The zero-order valence-electron chi connectivity index (χ0n) is 19.6. The number of alkyl halides is 3. The van der Waals surface area contributed by atoms with Gasteiger partial charge in [-0.25, -0.2) is 14.7 Å². The fraction of sp³-hybridized carbons (Fsp3) is 0.348. The summed E-state index contributed by atoms with van der Waals surface area (Å²) in [6.45, 7) is 0.449. The van der Waals surface area contributed by atoms with Crippen LogP contribution < -0.4 is 10.6 Å². The standard InChI is InChI=1S/C23H19Cl2F3N6O3S/c1-37-22-31-13-7-11(20(35)30-9-10-4-5-10)17(16(25)18(13)38-22)32-21(36)14-8-15(23(26,27)28)33-34(14)19-12(24)3-2-6-29-19/h2-3,6-8,10,13,18H,4-5,9H2,1H3,(H,30,35)(H,32,36). The van der Waals surface area contributed by atoms with Crippen molar-refractivity contribution in [3.63, 3.8) is 0 Å². The lowest BCUT2D eigenvalue weighted by Crippen LogP contribution is -2.38. The molecule has 2 N–H and O–H groups in total. The number of halogens is 5. The van der Waals surface area contributed by atoms with Crippen LogP contribution in [0.15, 0.2) is 51.8 Å². The topological polar surface area (TPSA) is 110 Å². The van der Waals surface area contributed by atoms with Crippen molar-refractivity contribution in [1.82, 2.24) is 25.4 Å². The third kappa shape index (κ3) is 5.27. The highest BCUT2D eigenvalue weighted by molar-refractivity contribution is 8.14. The van der Waals surface area contributed by atoms with E-state index in [1.807, 2.05) is 0 Å². The second-order valence-corrected chi connectivity index (χ2v) is 10.6. The van der Waals surface area contributed by atoms with Gasteiger partial charge in [-0.2, -0.15) is 18.3 Å². The Kier molecular flexibility index (Phi) is 7.18. The van der Waals surface area contributed by atoms with Crippen molar-refractivity contribution in [2.75, 3.05) is 13.7 Å². The molecule has 2 unspecified atom stereocenters. The molecular formula is C23H19Cl2F3N6O3S. The van der Waals surface area contributed by atoms with Crippen molar-refractivity contribution in [2.24, 2.45) is 10.9 Å². The number of amides is 2. The lowest BCUT2D eigenvalue weighted by atomic mass is 9.98. The first-order valence-electron chi connectivity index (χ1n) is 11.3. The molecule has 1 fully saturated rings. The molecule has 0 spiro atoms. The van der Waals surface area contributed by atoms with E-state index in [0.29, 0.717) is 28.4 Å². The van der Waals surface area contributed by atoms with Gasteiger partial charge in [-0.1, -0.05) is 35.0 Å². The highest BCUT2D eigenvalue weighted by atomic mass is 35.5. The maximum atomic E-state index is 13.5. The first-order valence-corrected chi connectivity index (χ1v) is 13.0. The van der Waals surface area contributed by atoms with Crippen LogP contribution in [0.3, 0.4) is 0 Å². The van der Waals surface area contributed by atoms with Crippen LogP contribution in [0.4, 0.5) is 13.2 Å². The first-order chi connectivity index (χ1) is 18.1. The van der Waals surface area contributed by atoms with Gasteiger partial charge in [0.2, 0.25) is 5.23 Å². The maximum absolute atomic E-state index is 13.5. The quantitative estimate of drug-likeness (QED) is 0.528. The molecule has 0 bridgehead atoms. The molecule has 1 saturated carbocycles. The van der Waals surface area contributed by atoms with Crippen molar-refractivity contribution in [2.45, 2.75) is 30.3 Å². The molecule has 2 atom stereocenters. The number of ether oxygens (including phenoxy) is 1. The number of methoxy groups -OCH3 is 1. The van der Waals surface area contributed by atoms with Gasteiger partial charge in [0.1, 0.15) is 5.69 Å². The van der Waals surface area contributed by atoms with E-state index in [1.165, 1.54) is 37.2 Å². The molecule has 15 heteroatoms. The number of carbonyl (C=O) groups excluding carboxylic acids is 2. The van der Waals surface area contributed by atoms with Crippen LogP contribution in [0.25, 0.3) is 5.82 Å². The Morgan fingerprint density at radius 1 is 1.26 bits per heavy atom. The minimum atomic E-state index is -4.85. The molecule has 3 aliphatic rings. The SMILES string of the molecule is COC1=NC2C=C(C(=O)NCC3CC3)C(NC(=O)c3cc(C(F)(F)F)nn3-c3ncccc3Cl)=C(Cl)C2S1. The molecular weight excluding hydrogens is 568 g/mol. The minimum absolute atomic E-state index is 0.0252. The van der Waals surface area contributed by atoms with Crippen molar-refractivity contribution in [3.05, 3.63) is 63.2 Å². The van der Waals surface area contributed by atoms with Crippen LogP contribution in [0.1, 0.15) is 29.0 Å². The molecule has 0 radical (unpaired) electrons. The Hall–Kier alpha value is -3.03. The summed E-state index contributed by atoms with van der Waals surface area (Å²) in [6, 6.07) is 2.93. The van der Waals surface area contributed by atoms with E-state index in [1.54, 1.807) is 6.08 Å². The van der Waals surface area contributed by atoms with Gasteiger partial charge in [-0.3, -0.25) is 9.59 Å². The summed E-state index contributed by atoms with van der Waals surface area (Å²) in [5, 5.41) is 8.81. The predicted molar refractivity (Wildman–Crippen MR) is 135 cm³/mol. The van der Waals surface area contributed by atoms with Gasteiger partial charge >= 0.3 is 6.18 Å². The normalized spacial score (nSPS) is 21.0. The van der Waals surface area contributed by atoms with Crippen LogP contribution >= 0.6 is 35.0 Å². The summed E-state index contributed by atoms with van der Waals surface area (Å²) >= 11 is 14.0. The molecule has 3 heterocycles. The largest absolute Gasteiger partial charge is 0.476 e. The Balaban J connectivity index is 1.51. The smallest absolute Gasteiger partial charge is 0.435 e. The fourth-order valence-corrected chi connectivity index (χ4v) is 5.48. The van der Waals surface area contributed by atoms with Crippen LogP contribution in [0, 0.1) is 5.92 Å². The van der Waals surface area contributed by atoms with Gasteiger partial charge in [0.05, 0.1) is 39.7 Å². The monoisotopic (exact) mass is 586 g/mol. The molecule has 38 heavy (non-hydrogen) atoms. The first kappa shape index (κ1) is 26.6. The highest BCUT2D eigenvalue weighted by Crippen LogP contribution is 2.41. The summed E-state index contributed by atoms with van der Waals surface area (Å²) in [4.78, 5) is 34.9. The van der Waals surface area contributed by atoms with Crippen LogP contribution in [-0.4, -0.2) is 56.8 Å². The Bertz CT molecular complexity index is 1400. The van der Waals surface area contributed by atoms with E-state index in [0.717, 1.165) is 12.8 Å². The van der Waals surface area contributed by atoms with Crippen molar-refractivity contribution in [1.29, 1.82) is 0 Å². The highest BCUT2D eigenvalue weighted by Gasteiger charge is 2.41. The number of hydrogen-bond acceptors (Lipinski definition) is 7. The lowest BCUT2D eigenvalue weighted by molar-refractivity contribution is -0.141. The number of carbonyl (C=O) groups is 2. The van der Waals surface area contributed by atoms with E-state index in [9.17, 15) is 22.8 Å². The van der Waals surface area contributed by atoms with Gasteiger partial charge in [0.25, 0.3) is 11.8 Å². The summed E-state index contributed by atoms with van der Waals surface area (Å²) in [6.07, 6.45) is 0.0162. The van der Waals surface area contributed by atoms with Crippen LogP contribution in [0.5, 0.6) is 0 Å². The Morgan fingerprint density at radius 3 is 2.68 bits per heavy atom. The van der Waals surface area contributed by atoms with Gasteiger partial charge in [-0.15, -0.1) is 0 Å². The summed E-state index contributed by atoms with van der Waals surface area (Å²) in [7, 11) is 1.44. The number of fused-ring (bicyclic) bond motifs is 1. The van der Waals surface area contributed by atoms with E-state index < -0.39 is 40.7 Å². The minimum Gasteiger partial charge on any atom is -0.476 e. The molecule has 1 aliphatic heterocycles. The number of aromatic nitrogens is 3. The Labute approximate surface area is 228 Å². The van der Waals surface area contributed by atoms with Gasteiger partial charge < -0.3 is 15.4 Å². The van der Waals surface area contributed by atoms with E-state index in [2.05, 4.69) is 25.7 Å². The molecule has 0 aromatic carbocycles. The summed E-state index contributed by atoms with van der Waals surface area (Å²) < 4.78 is 46.5. The Morgan fingerprint density at radius 2 is 2.03 bits per heavy atom. The van der Waals surface area contributed by atoms with Gasteiger partial charge in [-0.05, 0) is 37.0 Å². The van der Waals surface area contributed by atoms with Crippen LogP contribution in [0.2, 0.25) is 5.02 Å². The second kappa shape index (κ2) is 10.3. The zero-order chi connectivity index (χ0) is 27.2. The second-order valence-electron chi connectivity index (χ2n) is 8.67. The number of pyridine rings is 1. The van der Waals surface area contributed by atoms with Crippen molar-refractivity contribution >= 4 is 52.0 Å². The molecule has 9 nitrogen and oxygen atoms in total. The third-order valence-corrected chi connectivity index (χ3v) is 8.06. The number of thioether (sulfide) groups is 1. The number of nitrogens with one attached hydrogen (secondary N) is 2. The fourth-order valence-electron chi connectivity index (χ4n) is 3.87. The van der Waals surface area contributed by atoms with Crippen LogP contribution in [-0.2, 0) is 15.7 Å². The molecule has 2 aromatic rings. The summed E-state index contributed by atoms with van der Waals surface area (Å²) in [5.41, 5.74) is -1.83. The average molecular weight is 587 g/mol. The van der Waals surface area contributed by atoms with Crippen molar-refractivity contribution < 1.29 is 27.5 Å². The van der Waals surface area contributed by atoms with E-state index >= 15 is 0 Å². The lowest BCUT2D eigenvalue weighted by Gasteiger charge is -2.25. The number of nitrogens with zero attached hydrogens (tertiary/aromatic N) is 4. The number of rotatable bonds is 6. The zero-order valence-corrected chi connectivity index (χ0v) is 21.9. The van der Waals surface area contributed by atoms with E-state index in [4.69, 9.17) is 27.9 Å². The van der Waals surface area contributed by atoms with Crippen molar-refractivity contribution in [3.8, 4) is 5.82 Å². The molecule has 2 amide bonds. The number of aliphatic imine (C=N–C) groups is 1. The third-order valence-electron chi connectivity index (χ3n) is 5.97. The number of hydrogen-bond donors (Lipinski definition) is 2. The molecule has 200 valence electrons. The molecule has 2 aromatic heterocycles. The molecule has 2 aliphatic carbocycles. The predicted octanol–water partition coefficient (Wildman–Crippen LogP) is 4.07. The van der Waals surface area contributed by atoms with Gasteiger partial charge in [0, 0.05) is 18.8 Å². The molecule has 0 saturated heterocycles. The van der Waals surface area contributed by atoms with E-state index in [-0.39, 0.29) is 27.1 Å².